The number of nitrogens with one attached hydrogen (secondary N) is 1. The molecular weight excluding hydrogens is 390 g/mol. The molecule has 1 heterocycles. The van der Waals surface area contributed by atoms with E-state index in [2.05, 4.69) is 17.2 Å². The lowest BCUT2D eigenvalue weighted by molar-refractivity contribution is -0.117. The lowest BCUT2D eigenvalue weighted by Gasteiger charge is -2.19. The predicted molar refractivity (Wildman–Crippen MR) is 114 cm³/mol. The summed E-state index contributed by atoms with van der Waals surface area (Å²) in [5.74, 6) is 1.75. The molecule has 0 aliphatic heterocycles. The highest BCUT2D eigenvalue weighted by Gasteiger charge is 2.15. The summed E-state index contributed by atoms with van der Waals surface area (Å²) in [5.41, 5.74) is 1.56. The summed E-state index contributed by atoms with van der Waals surface area (Å²) in [7, 11) is 1.58. The molecule has 0 saturated heterocycles. The predicted octanol–water partition coefficient (Wildman–Crippen LogP) is 4.85. The van der Waals surface area contributed by atoms with Crippen molar-refractivity contribution < 1.29 is 13.9 Å². The van der Waals surface area contributed by atoms with Gasteiger partial charge in [0, 0.05) is 10.6 Å². The van der Waals surface area contributed by atoms with Crippen LogP contribution in [0.1, 0.15) is 19.2 Å². The first-order valence-corrected chi connectivity index (χ1v) is 9.82. The normalized spacial score (nSPS) is 10.9. The summed E-state index contributed by atoms with van der Waals surface area (Å²) in [4.78, 5) is 18.9. The Balaban J connectivity index is 1.64. The molecule has 1 aromatic heterocycles. The third kappa shape index (κ3) is 5.82. The van der Waals surface area contributed by atoms with Crippen LogP contribution in [-0.4, -0.2) is 36.0 Å². The van der Waals surface area contributed by atoms with Gasteiger partial charge in [-0.1, -0.05) is 30.7 Å². The number of benzene rings is 2. The minimum atomic E-state index is -0.118. The molecule has 1 amide bonds. The highest BCUT2D eigenvalue weighted by molar-refractivity contribution is 6.30. The van der Waals surface area contributed by atoms with Crippen LogP contribution < -0.4 is 10.1 Å². The van der Waals surface area contributed by atoms with Gasteiger partial charge in [0.25, 0.3) is 0 Å². The van der Waals surface area contributed by atoms with E-state index >= 15 is 0 Å². The van der Waals surface area contributed by atoms with Crippen LogP contribution in [0.3, 0.4) is 0 Å². The highest BCUT2D eigenvalue weighted by atomic mass is 35.5. The fraction of sp³-hybridized carbons (Fsp3) is 0.273. The maximum Gasteiger partial charge on any atom is 0.238 e. The van der Waals surface area contributed by atoms with Crippen LogP contribution >= 0.6 is 11.6 Å². The second-order valence-electron chi connectivity index (χ2n) is 6.58. The molecule has 7 heteroatoms. The number of para-hydroxylation sites is 2. The molecular formula is C22H24ClN3O3. The number of rotatable bonds is 9. The Hall–Kier alpha value is -2.83. The second-order valence-corrected chi connectivity index (χ2v) is 7.02. The zero-order chi connectivity index (χ0) is 20.6. The summed E-state index contributed by atoms with van der Waals surface area (Å²) in [6.07, 6.45) is 2.60. The van der Waals surface area contributed by atoms with Crippen molar-refractivity contribution in [3.63, 3.8) is 0 Å². The first-order valence-electron chi connectivity index (χ1n) is 9.45. The number of carbonyl (C=O) groups is 1. The summed E-state index contributed by atoms with van der Waals surface area (Å²) < 4.78 is 11.2. The molecule has 0 atom stereocenters. The summed E-state index contributed by atoms with van der Waals surface area (Å²) in [6.45, 7) is 3.49. The zero-order valence-electron chi connectivity index (χ0n) is 16.5. The molecule has 0 unspecified atom stereocenters. The van der Waals surface area contributed by atoms with Gasteiger partial charge in [0.05, 0.1) is 32.1 Å². The number of amides is 1. The van der Waals surface area contributed by atoms with Crippen LogP contribution in [0.15, 0.2) is 59.1 Å². The Kier molecular flexibility index (Phi) is 7.27. The summed E-state index contributed by atoms with van der Waals surface area (Å²) in [5, 5.41) is 3.57. The van der Waals surface area contributed by atoms with Crippen LogP contribution in [0.4, 0.5) is 5.69 Å². The Bertz CT molecular complexity index is 940. The van der Waals surface area contributed by atoms with Crippen molar-refractivity contribution in [3.05, 3.63) is 65.6 Å². The Morgan fingerprint density at radius 3 is 2.69 bits per heavy atom. The number of anilines is 1. The highest BCUT2D eigenvalue weighted by Crippen LogP contribution is 2.24. The van der Waals surface area contributed by atoms with Crippen LogP contribution in [0.2, 0.25) is 5.02 Å². The van der Waals surface area contributed by atoms with Crippen LogP contribution in [0.25, 0.3) is 11.3 Å². The molecule has 1 N–H and O–H groups in total. The Morgan fingerprint density at radius 2 is 1.97 bits per heavy atom. The molecule has 0 bridgehead atoms. The summed E-state index contributed by atoms with van der Waals surface area (Å²) >= 11 is 5.93. The van der Waals surface area contributed by atoms with Crippen molar-refractivity contribution in [3.8, 4) is 17.1 Å². The maximum atomic E-state index is 12.5. The van der Waals surface area contributed by atoms with Gasteiger partial charge in [0.2, 0.25) is 11.8 Å². The van der Waals surface area contributed by atoms with E-state index in [1.807, 2.05) is 53.4 Å². The van der Waals surface area contributed by atoms with Crippen molar-refractivity contribution in [2.45, 2.75) is 19.9 Å². The lowest BCUT2D eigenvalue weighted by atomic mass is 10.2. The Labute approximate surface area is 175 Å². The molecule has 0 aliphatic rings. The van der Waals surface area contributed by atoms with E-state index in [1.54, 1.807) is 13.3 Å². The van der Waals surface area contributed by atoms with E-state index in [0.29, 0.717) is 34.7 Å². The van der Waals surface area contributed by atoms with Gasteiger partial charge in [0.15, 0.2) is 5.76 Å². The summed E-state index contributed by atoms with van der Waals surface area (Å²) in [6, 6.07) is 14.7. The number of carbonyl (C=O) groups excluding carboxylic acids is 1. The van der Waals surface area contributed by atoms with Crippen LogP contribution in [0, 0.1) is 0 Å². The fourth-order valence-corrected chi connectivity index (χ4v) is 3.12. The first-order chi connectivity index (χ1) is 14.1. The second kappa shape index (κ2) is 10.1. The third-order valence-electron chi connectivity index (χ3n) is 4.33. The SMILES string of the molecule is CCCN(CC(=O)Nc1ccccc1OC)Cc1ncc(-c2ccc(Cl)cc2)o1. The smallest absolute Gasteiger partial charge is 0.238 e. The molecule has 2 aromatic carbocycles. The average Bonchev–Trinajstić information content (AvgIpc) is 3.17. The van der Waals surface area contributed by atoms with E-state index in [9.17, 15) is 4.79 Å². The van der Waals surface area contributed by atoms with E-state index in [1.165, 1.54) is 0 Å². The van der Waals surface area contributed by atoms with Gasteiger partial charge < -0.3 is 14.5 Å². The van der Waals surface area contributed by atoms with Crippen molar-refractivity contribution >= 4 is 23.2 Å². The zero-order valence-corrected chi connectivity index (χ0v) is 17.3. The monoisotopic (exact) mass is 413 g/mol. The van der Waals surface area contributed by atoms with Crippen molar-refractivity contribution in [1.29, 1.82) is 0 Å². The molecule has 6 nitrogen and oxygen atoms in total. The van der Waals surface area contributed by atoms with E-state index < -0.39 is 0 Å². The van der Waals surface area contributed by atoms with Crippen molar-refractivity contribution in [2.75, 3.05) is 25.5 Å². The van der Waals surface area contributed by atoms with Crippen LogP contribution in [0.5, 0.6) is 5.75 Å². The largest absolute Gasteiger partial charge is 0.495 e. The van der Waals surface area contributed by atoms with Crippen LogP contribution in [-0.2, 0) is 11.3 Å². The topological polar surface area (TPSA) is 67.6 Å². The Morgan fingerprint density at radius 1 is 1.21 bits per heavy atom. The molecule has 3 rings (SSSR count). The van der Waals surface area contributed by atoms with Gasteiger partial charge in [-0.2, -0.15) is 0 Å². The van der Waals surface area contributed by atoms with Gasteiger partial charge in [-0.3, -0.25) is 9.69 Å². The molecule has 152 valence electrons. The minimum Gasteiger partial charge on any atom is -0.495 e. The molecule has 0 spiro atoms. The molecule has 29 heavy (non-hydrogen) atoms. The number of hydrogen-bond donors (Lipinski definition) is 1. The number of oxazole rings is 1. The molecule has 3 aromatic rings. The molecule has 0 saturated carbocycles. The third-order valence-corrected chi connectivity index (χ3v) is 4.58. The van der Waals surface area contributed by atoms with E-state index in [0.717, 1.165) is 18.5 Å². The van der Waals surface area contributed by atoms with Gasteiger partial charge in [-0.15, -0.1) is 0 Å². The molecule has 0 aliphatic carbocycles. The maximum absolute atomic E-state index is 12.5. The van der Waals surface area contributed by atoms with Gasteiger partial charge >= 0.3 is 0 Å². The first kappa shape index (κ1) is 20.9. The van der Waals surface area contributed by atoms with Gasteiger partial charge in [0.1, 0.15) is 5.75 Å². The lowest BCUT2D eigenvalue weighted by Crippen LogP contribution is -2.33. The van der Waals surface area contributed by atoms with Gasteiger partial charge in [-0.05, 0) is 49.4 Å². The van der Waals surface area contributed by atoms with E-state index in [4.69, 9.17) is 20.8 Å². The fourth-order valence-electron chi connectivity index (χ4n) is 2.99. The van der Waals surface area contributed by atoms with Gasteiger partial charge in [-0.25, -0.2) is 4.98 Å². The standard InChI is InChI=1S/C22H24ClN3O3/c1-3-12-26(14-21(27)25-18-6-4-5-7-19(18)28-2)15-22-24-13-20(29-22)16-8-10-17(23)11-9-16/h4-11,13H,3,12,14-15H2,1-2H3,(H,25,27). The average molecular weight is 414 g/mol. The van der Waals surface area contributed by atoms with Crippen molar-refractivity contribution in [1.82, 2.24) is 9.88 Å². The minimum absolute atomic E-state index is 0.118. The number of halogens is 1. The molecule has 0 radical (unpaired) electrons. The molecule has 0 fully saturated rings. The number of methoxy groups -OCH3 is 1. The number of ether oxygens (including phenoxy) is 1. The van der Waals surface area contributed by atoms with Crippen molar-refractivity contribution in [2.24, 2.45) is 0 Å². The number of aromatic nitrogens is 1. The number of nitrogens with zero attached hydrogens (tertiary/aromatic N) is 2. The quantitative estimate of drug-likeness (QED) is 0.542. The van der Waals surface area contributed by atoms with E-state index in [-0.39, 0.29) is 12.5 Å². The number of hydrogen-bond acceptors (Lipinski definition) is 5.